The predicted octanol–water partition coefficient (Wildman–Crippen LogP) is -0.0745. The highest BCUT2D eigenvalue weighted by Gasteiger charge is 2.17. The first-order valence-electron chi connectivity index (χ1n) is 4.15. The maximum atomic E-state index is 10.8. The molecule has 0 aliphatic carbocycles. The van der Waals surface area contributed by atoms with Gasteiger partial charge in [-0.25, -0.2) is 4.79 Å². The monoisotopic (exact) mass is 195 g/mol. The van der Waals surface area contributed by atoms with Gasteiger partial charge in [-0.2, -0.15) is 0 Å². The Kier molecular flexibility index (Phi) is 3.06. The second-order valence-corrected chi connectivity index (χ2v) is 2.96. The molecule has 0 aromatic heterocycles. The maximum absolute atomic E-state index is 10.8. The number of anilines is 1. The van der Waals surface area contributed by atoms with Gasteiger partial charge in [0.2, 0.25) is 0 Å². The number of nitrogens with two attached hydrogens (primary N) is 3. The van der Waals surface area contributed by atoms with Gasteiger partial charge in [0.15, 0.2) is 0 Å². The highest BCUT2D eigenvalue weighted by molar-refractivity contribution is 5.91. The summed E-state index contributed by atoms with van der Waals surface area (Å²) in [7, 11) is 0. The quantitative estimate of drug-likeness (QED) is 0.504. The fraction of sp³-hybridized carbons (Fsp3) is 0.222. The van der Waals surface area contributed by atoms with E-state index < -0.39 is 12.0 Å². The maximum Gasteiger partial charge on any atom is 0.336 e. The van der Waals surface area contributed by atoms with Gasteiger partial charge in [-0.05, 0) is 12.1 Å². The van der Waals surface area contributed by atoms with E-state index in [2.05, 4.69) is 0 Å². The number of benzene rings is 1. The molecule has 0 heterocycles. The lowest BCUT2D eigenvalue weighted by Crippen LogP contribution is -2.24. The molecular weight excluding hydrogens is 182 g/mol. The van der Waals surface area contributed by atoms with E-state index in [1.165, 1.54) is 6.07 Å². The summed E-state index contributed by atoms with van der Waals surface area (Å²) in [6.07, 6.45) is 0. The van der Waals surface area contributed by atoms with Gasteiger partial charge in [0, 0.05) is 23.8 Å². The second kappa shape index (κ2) is 4.08. The molecule has 0 amide bonds. The van der Waals surface area contributed by atoms with Gasteiger partial charge in [0.05, 0.1) is 5.56 Å². The van der Waals surface area contributed by atoms with Gasteiger partial charge < -0.3 is 22.3 Å². The van der Waals surface area contributed by atoms with Crippen LogP contribution in [0.3, 0.4) is 0 Å². The van der Waals surface area contributed by atoms with Crippen LogP contribution in [0.15, 0.2) is 18.2 Å². The molecule has 0 bridgehead atoms. The van der Waals surface area contributed by atoms with E-state index in [9.17, 15) is 4.79 Å². The van der Waals surface area contributed by atoms with Crippen molar-refractivity contribution in [2.75, 3.05) is 12.3 Å². The first-order valence-corrected chi connectivity index (χ1v) is 4.15. The largest absolute Gasteiger partial charge is 0.478 e. The highest BCUT2D eigenvalue weighted by atomic mass is 16.4. The van der Waals surface area contributed by atoms with Crippen molar-refractivity contribution in [3.05, 3.63) is 29.3 Å². The second-order valence-electron chi connectivity index (χ2n) is 2.96. The Morgan fingerprint density at radius 2 is 2.14 bits per heavy atom. The van der Waals surface area contributed by atoms with Crippen molar-refractivity contribution in [1.82, 2.24) is 0 Å². The van der Waals surface area contributed by atoms with E-state index in [1.54, 1.807) is 12.1 Å². The van der Waals surface area contributed by atoms with E-state index >= 15 is 0 Å². The molecule has 0 aliphatic heterocycles. The molecule has 0 radical (unpaired) electrons. The lowest BCUT2D eigenvalue weighted by molar-refractivity contribution is 0.0695. The summed E-state index contributed by atoms with van der Waals surface area (Å²) in [5.74, 6) is -1.05. The Balaban J connectivity index is 3.29. The van der Waals surface area contributed by atoms with E-state index in [4.69, 9.17) is 22.3 Å². The molecule has 1 rings (SSSR count). The van der Waals surface area contributed by atoms with E-state index in [-0.39, 0.29) is 12.1 Å². The summed E-state index contributed by atoms with van der Waals surface area (Å²) in [6.45, 7) is 0.161. The van der Waals surface area contributed by atoms with Crippen LogP contribution in [0.5, 0.6) is 0 Å². The SMILES string of the molecule is NCC(N)c1c(N)cccc1C(=O)O. The summed E-state index contributed by atoms with van der Waals surface area (Å²) in [6, 6.07) is 4.11. The third-order valence-electron chi connectivity index (χ3n) is 1.99. The highest BCUT2D eigenvalue weighted by Crippen LogP contribution is 2.22. The van der Waals surface area contributed by atoms with Gasteiger partial charge in [0.25, 0.3) is 0 Å². The van der Waals surface area contributed by atoms with Crippen LogP contribution < -0.4 is 17.2 Å². The third kappa shape index (κ3) is 1.84. The normalized spacial score (nSPS) is 12.4. The fourth-order valence-corrected chi connectivity index (χ4v) is 1.30. The van der Waals surface area contributed by atoms with Crippen molar-refractivity contribution in [2.45, 2.75) is 6.04 Å². The van der Waals surface area contributed by atoms with Crippen LogP contribution in [-0.4, -0.2) is 17.6 Å². The zero-order chi connectivity index (χ0) is 10.7. The fourth-order valence-electron chi connectivity index (χ4n) is 1.30. The number of carboxylic acid groups (broad SMARTS) is 1. The minimum Gasteiger partial charge on any atom is -0.478 e. The van der Waals surface area contributed by atoms with Crippen LogP contribution >= 0.6 is 0 Å². The Hall–Kier alpha value is -1.59. The number of carboxylic acids is 1. The van der Waals surface area contributed by atoms with Crippen LogP contribution in [0, 0.1) is 0 Å². The molecule has 0 fully saturated rings. The first kappa shape index (κ1) is 10.5. The van der Waals surface area contributed by atoms with Crippen molar-refractivity contribution in [2.24, 2.45) is 11.5 Å². The zero-order valence-electron chi connectivity index (χ0n) is 7.60. The third-order valence-corrected chi connectivity index (χ3v) is 1.99. The lowest BCUT2D eigenvalue weighted by atomic mass is 9.99. The molecule has 1 aromatic carbocycles. The summed E-state index contributed by atoms with van der Waals surface area (Å²) in [5.41, 5.74) is 17.6. The van der Waals surface area contributed by atoms with Crippen LogP contribution in [0.1, 0.15) is 22.0 Å². The topological polar surface area (TPSA) is 115 Å². The number of aromatic carboxylic acids is 1. The van der Waals surface area contributed by atoms with Crippen LogP contribution in [0.4, 0.5) is 5.69 Å². The molecule has 0 saturated heterocycles. The zero-order valence-corrected chi connectivity index (χ0v) is 7.60. The summed E-state index contributed by atoms with van der Waals surface area (Å²) in [5, 5.41) is 8.88. The molecule has 5 heteroatoms. The summed E-state index contributed by atoms with van der Waals surface area (Å²) >= 11 is 0. The minimum atomic E-state index is -1.05. The van der Waals surface area contributed by atoms with Crippen molar-refractivity contribution in [3.63, 3.8) is 0 Å². The van der Waals surface area contributed by atoms with Crippen molar-refractivity contribution in [1.29, 1.82) is 0 Å². The average Bonchev–Trinajstić information content (AvgIpc) is 2.16. The van der Waals surface area contributed by atoms with Crippen molar-refractivity contribution in [3.8, 4) is 0 Å². The smallest absolute Gasteiger partial charge is 0.336 e. The summed E-state index contributed by atoms with van der Waals surface area (Å²) < 4.78 is 0. The Morgan fingerprint density at radius 1 is 1.50 bits per heavy atom. The molecule has 1 unspecified atom stereocenters. The summed E-state index contributed by atoms with van der Waals surface area (Å²) in [4.78, 5) is 10.8. The minimum absolute atomic E-state index is 0.114. The molecule has 7 N–H and O–H groups in total. The van der Waals surface area contributed by atoms with Crippen molar-refractivity contribution < 1.29 is 9.90 Å². The molecule has 0 spiro atoms. The van der Waals surface area contributed by atoms with E-state index in [1.807, 2.05) is 0 Å². The number of rotatable bonds is 3. The Labute approximate surface area is 81.5 Å². The molecule has 14 heavy (non-hydrogen) atoms. The van der Waals surface area contributed by atoms with Crippen LogP contribution in [-0.2, 0) is 0 Å². The van der Waals surface area contributed by atoms with Gasteiger partial charge in [-0.3, -0.25) is 0 Å². The van der Waals surface area contributed by atoms with Gasteiger partial charge in [-0.15, -0.1) is 0 Å². The molecule has 0 aliphatic rings. The molecular formula is C9H13N3O2. The number of carbonyl (C=O) groups is 1. The number of nitrogen functional groups attached to an aromatic ring is 1. The molecule has 5 nitrogen and oxygen atoms in total. The molecule has 1 atom stereocenters. The average molecular weight is 195 g/mol. The molecule has 76 valence electrons. The first-order chi connectivity index (χ1) is 6.57. The van der Waals surface area contributed by atoms with Crippen LogP contribution in [0.2, 0.25) is 0 Å². The van der Waals surface area contributed by atoms with Crippen molar-refractivity contribution >= 4 is 11.7 Å². The van der Waals surface area contributed by atoms with E-state index in [0.717, 1.165) is 0 Å². The van der Waals surface area contributed by atoms with Crippen LogP contribution in [0.25, 0.3) is 0 Å². The number of hydrogen-bond acceptors (Lipinski definition) is 4. The Bertz CT molecular complexity index is 352. The lowest BCUT2D eigenvalue weighted by Gasteiger charge is -2.14. The molecule has 0 saturated carbocycles. The van der Waals surface area contributed by atoms with Gasteiger partial charge >= 0.3 is 5.97 Å². The number of hydrogen-bond donors (Lipinski definition) is 4. The standard InChI is InChI=1S/C9H13N3O2/c10-4-7(12)8-5(9(13)14)2-1-3-6(8)11/h1-3,7H,4,10-12H2,(H,13,14). The Morgan fingerprint density at radius 3 is 2.64 bits per heavy atom. The van der Waals surface area contributed by atoms with Gasteiger partial charge in [-0.1, -0.05) is 6.07 Å². The van der Waals surface area contributed by atoms with Gasteiger partial charge in [0.1, 0.15) is 0 Å². The van der Waals surface area contributed by atoms with E-state index in [0.29, 0.717) is 11.3 Å². The molecule has 1 aromatic rings. The predicted molar refractivity (Wildman–Crippen MR) is 53.8 cm³/mol.